The number of pyridine rings is 1. The third-order valence-electron chi connectivity index (χ3n) is 3.61. The Morgan fingerprint density at radius 3 is 2.94 bits per heavy atom. The molecule has 0 fully saturated rings. The van der Waals surface area contributed by atoms with Crippen LogP contribution in [0.25, 0.3) is 22.2 Å². The lowest BCUT2D eigenvalue weighted by Crippen LogP contribution is -1.99. The summed E-state index contributed by atoms with van der Waals surface area (Å²) in [6.45, 7) is 1.97. The van der Waals surface area contributed by atoms with Gasteiger partial charge >= 0.3 is 0 Å². The topological polar surface area (TPSA) is 40.7 Å². The van der Waals surface area contributed by atoms with Crippen molar-refractivity contribution in [3.05, 3.63) is 53.9 Å². The van der Waals surface area contributed by atoms with Crippen LogP contribution in [0.4, 0.5) is 0 Å². The van der Waals surface area contributed by atoms with Crippen molar-refractivity contribution in [3.63, 3.8) is 0 Å². The molecule has 3 nitrogen and oxygen atoms in total. The molecular weight excluding hydrogens is 222 g/mol. The molecule has 3 aromatic rings. The van der Waals surface area contributed by atoms with E-state index >= 15 is 0 Å². The SMILES string of the molecule is c1cc(-c2ccc3c(c2)CNC3)c2cc[nH]c2n1. The second-order valence-corrected chi connectivity index (χ2v) is 4.69. The maximum atomic E-state index is 4.33. The molecular formula is C15H13N3. The number of nitrogens with one attached hydrogen (secondary N) is 2. The molecule has 1 aliphatic rings. The standard InChI is InChI=1S/C15H13N3/c1-2-11-8-16-9-12(11)7-10(1)13-3-5-17-15-14(13)4-6-18-15/h1-7,16H,8-9H2,(H,17,18). The van der Waals surface area contributed by atoms with E-state index in [-0.39, 0.29) is 0 Å². The fourth-order valence-electron chi connectivity index (χ4n) is 2.67. The Bertz CT molecular complexity index is 727. The van der Waals surface area contributed by atoms with Crippen molar-refractivity contribution in [3.8, 4) is 11.1 Å². The van der Waals surface area contributed by atoms with Crippen molar-refractivity contribution in [2.24, 2.45) is 0 Å². The third-order valence-corrected chi connectivity index (χ3v) is 3.61. The van der Waals surface area contributed by atoms with Gasteiger partial charge in [-0.25, -0.2) is 4.98 Å². The summed E-state index contributed by atoms with van der Waals surface area (Å²) in [5.41, 5.74) is 6.29. The van der Waals surface area contributed by atoms with E-state index in [4.69, 9.17) is 0 Å². The zero-order valence-corrected chi connectivity index (χ0v) is 9.90. The number of fused-ring (bicyclic) bond motifs is 2. The van der Waals surface area contributed by atoms with Gasteiger partial charge in [0.25, 0.3) is 0 Å². The average Bonchev–Trinajstić information content (AvgIpc) is 3.05. The summed E-state index contributed by atoms with van der Waals surface area (Å²) in [7, 11) is 0. The molecule has 0 bridgehead atoms. The van der Waals surface area contributed by atoms with Crippen LogP contribution < -0.4 is 5.32 Å². The van der Waals surface area contributed by atoms with Gasteiger partial charge in [0.2, 0.25) is 0 Å². The van der Waals surface area contributed by atoms with Gasteiger partial charge < -0.3 is 10.3 Å². The van der Waals surface area contributed by atoms with E-state index < -0.39 is 0 Å². The molecule has 2 N–H and O–H groups in total. The number of benzene rings is 1. The summed E-state index contributed by atoms with van der Waals surface area (Å²) in [5.74, 6) is 0. The molecule has 0 amide bonds. The predicted octanol–water partition coefficient (Wildman–Crippen LogP) is 2.83. The Labute approximate surface area is 105 Å². The number of H-pyrrole nitrogens is 1. The van der Waals surface area contributed by atoms with E-state index in [2.05, 4.69) is 45.6 Å². The van der Waals surface area contributed by atoms with Crippen molar-refractivity contribution < 1.29 is 0 Å². The minimum atomic E-state index is 0.950. The molecule has 3 heteroatoms. The van der Waals surface area contributed by atoms with E-state index in [1.165, 1.54) is 27.6 Å². The molecule has 0 saturated carbocycles. The van der Waals surface area contributed by atoms with Gasteiger partial charge in [0.05, 0.1) is 0 Å². The van der Waals surface area contributed by atoms with Gasteiger partial charge in [-0.3, -0.25) is 0 Å². The van der Waals surface area contributed by atoms with Crippen LogP contribution in [0.1, 0.15) is 11.1 Å². The zero-order valence-electron chi connectivity index (χ0n) is 9.90. The highest BCUT2D eigenvalue weighted by Crippen LogP contribution is 2.29. The first-order valence-electron chi connectivity index (χ1n) is 6.17. The van der Waals surface area contributed by atoms with Gasteiger partial charge in [0.1, 0.15) is 5.65 Å². The largest absolute Gasteiger partial charge is 0.346 e. The molecule has 1 aliphatic heterocycles. The van der Waals surface area contributed by atoms with Crippen LogP contribution >= 0.6 is 0 Å². The molecule has 1 aromatic carbocycles. The van der Waals surface area contributed by atoms with Crippen LogP contribution in [-0.4, -0.2) is 9.97 Å². The molecule has 2 aromatic heterocycles. The average molecular weight is 235 g/mol. The Morgan fingerprint density at radius 2 is 1.94 bits per heavy atom. The monoisotopic (exact) mass is 235 g/mol. The smallest absolute Gasteiger partial charge is 0.137 e. The predicted molar refractivity (Wildman–Crippen MR) is 72.1 cm³/mol. The lowest BCUT2D eigenvalue weighted by Gasteiger charge is -2.06. The second kappa shape index (κ2) is 3.68. The first-order chi connectivity index (χ1) is 8.92. The van der Waals surface area contributed by atoms with Gasteiger partial charge in [-0.05, 0) is 40.5 Å². The molecule has 0 aliphatic carbocycles. The second-order valence-electron chi connectivity index (χ2n) is 4.69. The van der Waals surface area contributed by atoms with E-state index in [9.17, 15) is 0 Å². The molecule has 3 heterocycles. The quantitative estimate of drug-likeness (QED) is 0.681. The Balaban J connectivity index is 1.94. The van der Waals surface area contributed by atoms with Crippen LogP contribution in [0.2, 0.25) is 0 Å². The van der Waals surface area contributed by atoms with Gasteiger partial charge in [-0.15, -0.1) is 0 Å². The maximum Gasteiger partial charge on any atom is 0.137 e. The summed E-state index contributed by atoms with van der Waals surface area (Å²) < 4.78 is 0. The molecule has 4 rings (SSSR count). The highest BCUT2D eigenvalue weighted by Gasteiger charge is 2.12. The fraction of sp³-hybridized carbons (Fsp3) is 0.133. The van der Waals surface area contributed by atoms with Gasteiger partial charge in [-0.1, -0.05) is 12.1 Å². The normalized spacial score (nSPS) is 14.0. The number of aromatic amines is 1. The van der Waals surface area contributed by atoms with Crippen LogP contribution in [0, 0.1) is 0 Å². The van der Waals surface area contributed by atoms with Crippen molar-refractivity contribution in [2.45, 2.75) is 13.1 Å². The Kier molecular flexibility index (Phi) is 2.02. The highest BCUT2D eigenvalue weighted by molar-refractivity contribution is 5.92. The van der Waals surface area contributed by atoms with Crippen molar-refractivity contribution in [2.75, 3.05) is 0 Å². The zero-order chi connectivity index (χ0) is 11.9. The fourth-order valence-corrected chi connectivity index (χ4v) is 2.67. The van der Waals surface area contributed by atoms with Gasteiger partial charge in [-0.2, -0.15) is 0 Å². The number of aromatic nitrogens is 2. The van der Waals surface area contributed by atoms with E-state index in [1.54, 1.807) is 0 Å². The first kappa shape index (κ1) is 9.85. The van der Waals surface area contributed by atoms with Crippen molar-refractivity contribution in [1.29, 1.82) is 0 Å². The first-order valence-corrected chi connectivity index (χ1v) is 6.17. The Morgan fingerprint density at radius 1 is 1.00 bits per heavy atom. The van der Waals surface area contributed by atoms with Crippen LogP contribution in [-0.2, 0) is 13.1 Å². The van der Waals surface area contributed by atoms with Crippen molar-refractivity contribution in [1.82, 2.24) is 15.3 Å². The summed E-state index contributed by atoms with van der Waals surface area (Å²) in [6.07, 6.45) is 3.80. The minimum absolute atomic E-state index is 0.950. The number of hydrogen-bond acceptors (Lipinski definition) is 2. The number of nitrogens with zero attached hydrogens (tertiary/aromatic N) is 1. The van der Waals surface area contributed by atoms with E-state index in [1.807, 2.05) is 12.4 Å². The molecule has 18 heavy (non-hydrogen) atoms. The van der Waals surface area contributed by atoms with Gasteiger partial charge in [0, 0.05) is 30.9 Å². The maximum absolute atomic E-state index is 4.33. The van der Waals surface area contributed by atoms with Crippen LogP contribution in [0.15, 0.2) is 42.7 Å². The van der Waals surface area contributed by atoms with E-state index in [0.29, 0.717) is 0 Å². The summed E-state index contributed by atoms with van der Waals surface area (Å²) >= 11 is 0. The van der Waals surface area contributed by atoms with Crippen LogP contribution in [0.3, 0.4) is 0 Å². The molecule has 0 spiro atoms. The lowest BCUT2D eigenvalue weighted by molar-refractivity contribution is 0.765. The summed E-state index contributed by atoms with van der Waals surface area (Å²) in [4.78, 5) is 7.49. The van der Waals surface area contributed by atoms with Crippen molar-refractivity contribution >= 4 is 11.0 Å². The molecule has 88 valence electrons. The van der Waals surface area contributed by atoms with Crippen LogP contribution in [0.5, 0.6) is 0 Å². The van der Waals surface area contributed by atoms with Gasteiger partial charge in [0.15, 0.2) is 0 Å². The lowest BCUT2D eigenvalue weighted by atomic mass is 9.99. The number of rotatable bonds is 1. The van der Waals surface area contributed by atoms with E-state index in [0.717, 1.165) is 18.7 Å². The minimum Gasteiger partial charge on any atom is -0.346 e. The molecule has 0 radical (unpaired) electrons. The number of hydrogen-bond donors (Lipinski definition) is 2. The highest BCUT2D eigenvalue weighted by atomic mass is 14.9. The summed E-state index contributed by atoms with van der Waals surface area (Å²) in [6, 6.07) is 10.9. The third kappa shape index (κ3) is 1.38. The Hall–Kier alpha value is -2.13. The molecule has 0 atom stereocenters. The molecule has 0 unspecified atom stereocenters. The molecule has 0 saturated heterocycles. The summed E-state index contributed by atoms with van der Waals surface area (Å²) in [5, 5.41) is 4.56.